The predicted octanol–water partition coefficient (Wildman–Crippen LogP) is 1.61. The maximum atomic E-state index is 4.82. The van der Waals surface area contributed by atoms with E-state index < -0.39 is 0 Å². The van der Waals surface area contributed by atoms with Gasteiger partial charge >= 0.3 is 0 Å². The number of hydrogen-bond donors (Lipinski definition) is 0. The third kappa shape index (κ3) is 1.20. The van der Waals surface area contributed by atoms with Crippen LogP contribution in [0.3, 0.4) is 0 Å². The minimum atomic E-state index is 0.634. The molecule has 1 nitrogen and oxygen atoms in total. The Morgan fingerprint density at radius 2 is 2.57 bits per heavy atom. The highest BCUT2D eigenvalue weighted by molar-refractivity contribution is 7.84. The molecule has 0 atom stereocenters. The summed E-state index contributed by atoms with van der Waals surface area (Å²) in [6.45, 7) is 0.634. The smallest absolute Gasteiger partial charge is 0.107 e. The summed E-state index contributed by atoms with van der Waals surface area (Å²) in [5.74, 6) is 0. The second kappa shape index (κ2) is 1.98. The van der Waals surface area contributed by atoms with Gasteiger partial charge in [-0.2, -0.15) is 0 Å². The highest BCUT2D eigenvalue weighted by atomic mass is 32.1. The average molecular weight is 113 g/mol. The Hall–Kier alpha value is -0.500. The van der Waals surface area contributed by atoms with Crippen molar-refractivity contribution in [2.24, 2.45) is 0 Å². The van der Waals surface area contributed by atoms with Gasteiger partial charge in [0.25, 0.3) is 0 Å². The fourth-order valence-electron chi connectivity index (χ4n) is 0.369. The van der Waals surface area contributed by atoms with Crippen LogP contribution in [0.1, 0.15) is 0 Å². The van der Waals surface area contributed by atoms with Crippen molar-refractivity contribution in [1.29, 1.82) is 0 Å². The van der Waals surface area contributed by atoms with Crippen LogP contribution in [0.4, 0.5) is 0 Å². The summed E-state index contributed by atoms with van der Waals surface area (Å²) in [7, 11) is 0. The van der Waals surface area contributed by atoms with Crippen molar-refractivity contribution in [3.63, 3.8) is 0 Å². The molecule has 0 N–H and O–H groups in total. The summed E-state index contributed by atoms with van der Waals surface area (Å²) in [5, 5.41) is 0. The van der Waals surface area contributed by atoms with Gasteiger partial charge < -0.3 is 4.74 Å². The minimum absolute atomic E-state index is 0.634. The van der Waals surface area contributed by atoms with Gasteiger partial charge in [0.2, 0.25) is 0 Å². The molecule has 37 valence electrons. The van der Waals surface area contributed by atoms with Gasteiger partial charge in [-0.05, 0) is 12.2 Å². The monoisotopic (exact) mass is 113 g/mol. The van der Waals surface area contributed by atoms with Gasteiger partial charge in [-0.25, -0.2) is 0 Å². The van der Waals surface area contributed by atoms with E-state index in [1.165, 1.54) is 0 Å². The molecule has 0 saturated carbocycles. The Kier molecular flexibility index (Phi) is 1.32. The number of ether oxygens (including phenoxy) is 1. The van der Waals surface area contributed by atoms with Crippen molar-refractivity contribution in [3.05, 3.63) is 23.3 Å². The van der Waals surface area contributed by atoms with E-state index in [1.807, 2.05) is 6.08 Å². The van der Waals surface area contributed by atoms with Gasteiger partial charge in [-0.1, -0.05) is 12.6 Å². The van der Waals surface area contributed by atoms with Gasteiger partial charge in [0, 0.05) is 4.91 Å². The Balaban J connectivity index is 2.58. The zero-order valence-corrected chi connectivity index (χ0v) is 4.57. The molecule has 1 rings (SSSR count). The van der Waals surface area contributed by atoms with E-state index in [0.717, 1.165) is 4.91 Å². The van der Waals surface area contributed by atoms with Gasteiger partial charge in [0.15, 0.2) is 0 Å². The predicted molar refractivity (Wildman–Crippen MR) is 30.8 cm³/mol. The lowest BCUT2D eigenvalue weighted by Gasteiger charge is -1.99. The summed E-state index contributed by atoms with van der Waals surface area (Å²) in [6, 6.07) is 0. The van der Waals surface area contributed by atoms with Crippen molar-refractivity contribution >= 4 is 12.6 Å². The first kappa shape index (κ1) is 4.65. The lowest BCUT2D eigenvalue weighted by molar-refractivity contribution is 0.285. The van der Waals surface area contributed by atoms with E-state index in [4.69, 9.17) is 17.4 Å². The number of rotatable bonds is 0. The highest BCUT2D eigenvalue weighted by Crippen LogP contribution is 2.05. The lowest BCUT2D eigenvalue weighted by atomic mass is 10.4. The Morgan fingerprint density at radius 3 is 2.86 bits per heavy atom. The molecule has 0 saturated heterocycles. The fourth-order valence-corrected chi connectivity index (χ4v) is 0.493. The molecule has 1 aliphatic heterocycles. The van der Waals surface area contributed by atoms with Gasteiger partial charge in [0.1, 0.15) is 6.61 Å². The van der Waals surface area contributed by atoms with Crippen LogP contribution >= 0.6 is 12.6 Å². The number of hydrogen-bond acceptors (Lipinski definition) is 1. The van der Waals surface area contributed by atoms with Crippen LogP contribution in [0.15, 0.2) is 23.3 Å². The molecule has 0 bridgehead atoms. The van der Waals surface area contributed by atoms with Crippen molar-refractivity contribution in [1.82, 2.24) is 0 Å². The summed E-state index contributed by atoms with van der Waals surface area (Å²) in [5.41, 5.74) is 0. The van der Waals surface area contributed by atoms with Crippen molar-refractivity contribution in [2.75, 3.05) is 6.61 Å². The summed E-state index contributed by atoms with van der Waals surface area (Å²) in [4.78, 5) is 0.867. The molecule has 1 heterocycles. The van der Waals surface area contributed by atoms with Crippen LogP contribution in [-0.4, -0.2) is 6.61 Å². The molecular formula is C5H5OS. The average Bonchev–Trinajstić information content (AvgIpc) is 1.69. The fraction of sp³-hybridized carbons (Fsp3) is 0.200. The second-order valence-electron chi connectivity index (χ2n) is 1.24. The molecule has 0 aromatic heterocycles. The van der Waals surface area contributed by atoms with E-state index in [-0.39, 0.29) is 0 Å². The molecule has 7 heavy (non-hydrogen) atoms. The van der Waals surface area contributed by atoms with Gasteiger partial charge in [-0.3, -0.25) is 0 Å². The van der Waals surface area contributed by atoms with Gasteiger partial charge in [0.05, 0.1) is 6.26 Å². The molecule has 0 fully saturated rings. The van der Waals surface area contributed by atoms with Crippen LogP contribution in [0, 0.1) is 0 Å². The lowest BCUT2D eigenvalue weighted by Crippen LogP contribution is -1.86. The van der Waals surface area contributed by atoms with Crippen LogP contribution in [0.5, 0.6) is 0 Å². The van der Waals surface area contributed by atoms with Crippen molar-refractivity contribution < 1.29 is 4.74 Å². The first-order valence-corrected chi connectivity index (χ1v) is 2.46. The molecule has 0 aliphatic carbocycles. The molecular weight excluding hydrogens is 108 g/mol. The Bertz CT molecular complexity index is 115. The largest absolute Gasteiger partial charge is 0.497 e. The Labute approximate surface area is 48.1 Å². The van der Waals surface area contributed by atoms with Gasteiger partial charge in [-0.15, -0.1) is 0 Å². The molecule has 2 heteroatoms. The molecule has 1 aliphatic rings. The highest BCUT2D eigenvalue weighted by Gasteiger charge is 1.88. The third-order valence-corrected chi connectivity index (χ3v) is 1.01. The van der Waals surface area contributed by atoms with E-state index in [9.17, 15) is 0 Å². The SMILES string of the molecule is [S]C1=CCOC=C1. The normalized spacial score (nSPS) is 18.0. The molecule has 0 amide bonds. The maximum absolute atomic E-state index is 4.82. The zero-order valence-electron chi connectivity index (χ0n) is 3.76. The van der Waals surface area contributed by atoms with Crippen LogP contribution in [-0.2, 0) is 4.74 Å². The first-order valence-electron chi connectivity index (χ1n) is 2.05. The maximum Gasteiger partial charge on any atom is 0.107 e. The summed E-state index contributed by atoms with van der Waals surface area (Å²) in [6.07, 6.45) is 5.23. The summed E-state index contributed by atoms with van der Waals surface area (Å²) < 4.78 is 4.82. The standard InChI is InChI=1S/C5H5OS/c7-5-1-3-6-4-2-5/h1-3H,4H2. The molecule has 1 radical (unpaired) electrons. The number of allylic oxidation sites excluding steroid dienone is 1. The first-order chi connectivity index (χ1) is 3.39. The molecule has 0 unspecified atom stereocenters. The van der Waals surface area contributed by atoms with E-state index in [1.54, 1.807) is 12.3 Å². The molecule has 0 aromatic carbocycles. The van der Waals surface area contributed by atoms with Crippen molar-refractivity contribution in [2.45, 2.75) is 0 Å². The topological polar surface area (TPSA) is 9.23 Å². The summed E-state index contributed by atoms with van der Waals surface area (Å²) >= 11 is 4.78. The van der Waals surface area contributed by atoms with E-state index in [0.29, 0.717) is 6.61 Å². The second-order valence-corrected chi connectivity index (χ2v) is 1.71. The van der Waals surface area contributed by atoms with Crippen LogP contribution in [0.25, 0.3) is 0 Å². The van der Waals surface area contributed by atoms with E-state index in [2.05, 4.69) is 0 Å². The molecule has 0 aromatic rings. The van der Waals surface area contributed by atoms with Crippen LogP contribution < -0.4 is 0 Å². The molecule has 0 spiro atoms. The Morgan fingerprint density at radius 1 is 1.71 bits per heavy atom. The minimum Gasteiger partial charge on any atom is -0.497 e. The van der Waals surface area contributed by atoms with Crippen LogP contribution in [0.2, 0.25) is 0 Å². The van der Waals surface area contributed by atoms with E-state index >= 15 is 0 Å². The third-order valence-electron chi connectivity index (χ3n) is 0.709. The zero-order chi connectivity index (χ0) is 5.11. The van der Waals surface area contributed by atoms with Crippen molar-refractivity contribution in [3.8, 4) is 0 Å². The quantitative estimate of drug-likeness (QED) is 0.463.